The fraction of sp³-hybridized carbons (Fsp3) is 0.143. The Labute approximate surface area is 169 Å². The van der Waals surface area contributed by atoms with Crippen LogP contribution in [0.2, 0.25) is 5.02 Å². The number of hydrogen-bond donors (Lipinski definition) is 0. The highest BCUT2D eigenvalue weighted by Gasteiger charge is 2.22. The fourth-order valence-electron chi connectivity index (χ4n) is 3.11. The molecule has 0 N–H and O–H groups in total. The average molecular weight is 414 g/mol. The molecule has 7 heteroatoms. The van der Waals surface area contributed by atoms with Crippen molar-refractivity contribution in [3.8, 4) is 5.75 Å². The number of nitrogens with zero attached hydrogens (tertiary/aromatic N) is 1. The molecule has 1 amide bonds. The number of benzene rings is 2. The van der Waals surface area contributed by atoms with Crippen LogP contribution >= 0.6 is 22.9 Å². The molecular formula is C21H16ClNO4S. The molecule has 0 radical (unpaired) electrons. The monoisotopic (exact) mass is 413 g/mol. The van der Waals surface area contributed by atoms with Crippen LogP contribution in [0.4, 0.5) is 5.69 Å². The minimum Gasteiger partial charge on any atom is -0.495 e. The van der Waals surface area contributed by atoms with Gasteiger partial charge in [0.25, 0.3) is 5.91 Å². The van der Waals surface area contributed by atoms with E-state index in [1.807, 2.05) is 19.1 Å². The first-order valence-corrected chi connectivity index (χ1v) is 9.67. The van der Waals surface area contributed by atoms with E-state index in [0.717, 1.165) is 15.6 Å². The Kier molecular flexibility index (Phi) is 4.61. The Bertz CT molecular complexity index is 1290. The number of hydrogen-bond acceptors (Lipinski definition) is 5. The van der Waals surface area contributed by atoms with Gasteiger partial charge in [0.1, 0.15) is 11.3 Å². The molecule has 2 aromatic carbocycles. The van der Waals surface area contributed by atoms with Crippen LogP contribution in [0.5, 0.6) is 5.75 Å². The van der Waals surface area contributed by atoms with E-state index < -0.39 is 5.63 Å². The van der Waals surface area contributed by atoms with Gasteiger partial charge >= 0.3 is 5.63 Å². The zero-order valence-corrected chi connectivity index (χ0v) is 17.0. The highest BCUT2D eigenvalue weighted by atomic mass is 35.5. The molecule has 4 aromatic rings. The van der Waals surface area contributed by atoms with Crippen molar-refractivity contribution in [2.45, 2.75) is 6.92 Å². The second-order valence-corrected chi connectivity index (χ2v) is 7.91. The number of carbonyl (C=O) groups is 1. The second-order valence-electron chi connectivity index (χ2n) is 6.42. The molecule has 4 rings (SSSR count). The third-order valence-electron chi connectivity index (χ3n) is 4.55. The van der Waals surface area contributed by atoms with E-state index in [-0.39, 0.29) is 5.91 Å². The van der Waals surface area contributed by atoms with Crippen molar-refractivity contribution in [1.29, 1.82) is 0 Å². The molecule has 0 unspecified atom stereocenters. The van der Waals surface area contributed by atoms with Crippen molar-refractivity contribution < 1.29 is 13.9 Å². The maximum Gasteiger partial charge on any atom is 0.345 e. The molecule has 5 nitrogen and oxygen atoms in total. The van der Waals surface area contributed by atoms with E-state index in [1.165, 1.54) is 23.3 Å². The molecule has 0 aliphatic carbocycles. The lowest BCUT2D eigenvalue weighted by molar-refractivity contribution is 0.0996. The smallest absolute Gasteiger partial charge is 0.345 e. The van der Waals surface area contributed by atoms with Gasteiger partial charge in [0.15, 0.2) is 0 Å². The minimum atomic E-state index is -0.454. The average Bonchev–Trinajstić information content (AvgIpc) is 3.14. The van der Waals surface area contributed by atoms with E-state index in [2.05, 4.69) is 0 Å². The predicted molar refractivity (Wildman–Crippen MR) is 113 cm³/mol. The lowest BCUT2D eigenvalue weighted by Gasteiger charge is -2.19. The van der Waals surface area contributed by atoms with Crippen molar-refractivity contribution in [1.82, 2.24) is 0 Å². The molecule has 0 spiro atoms. The summed E-state index contributed by atoms with van der Waals surface area (Å²) in [6.45, 7) is 1.97. The maximum atomic E-state index is 13.1. The first-order valence-electron chi connectivity index (χ1n) is 8.47. The van der Waals surface area contributed by atoms with Crippen LogP contribution in [0.25, 0.3) is 21.1 Å². The van der Waals surface area contributed by atoms with Crippen molar-refractivity contribution in [2.75, 3.05) is 19.1 Å². The maximum absolute atomic E-state index is 13.1. The van der Waals surface area contributed by atoms with Crippen LogP contribution in [-0.4, -0.2) is 20.1 Å². The van der Waals surface area contributed by atoms with Gasteiger partial charge in [-0.3, -0.25) is 4.79 Å². The molecular weight excluding hydrogens is 398 g/mol. The van der Waals surface area contributed by atoms with Crippen molar-refractivity contribution in [3.63, 3.8) is 0 Å². The van der Waals surface area contributed by atoms with Gasteiger partial charge in [0, 0.05) is 17.5 Å². The predicted octanol–water partition coefficient (Wildman–Crippen LogP) is 5.25. The van der Waals surface area contributed by atoms with Gasteiger partial charge in [-0.2, -0.15) is 0 Å². The molecule has 2 heterocycles. The first-order chi connectivity index (χ1) is 13.4. The van der Waals surface area contributed by atoms with Gasteiger partial charge < -0.3 is 14.1 Å². The Hall–Kier alpha value is -2.83. The van der Waals surface area contributed by atoms with Gasteiger partial charge in [-0.15, -0.1) is 11.3 Å². The van der Waals surface area contributed by atoms with Crippen molar-refractivity contribution in [3.05, 3.63) is 68.3 Å². The number of anilines is 1. The van der Waals surface area contributed by atoms with E-state index in [0.29, 0.717) is 32.3 Å². The summed E-state index contributed by atoms with van der Waals surface area (Å²) < 4.78 is 11.5. The minimum absolute atomic E-state index is 0.262. The summed E-state index contributed by atoms with van der Waals surface area (Å²) >= 11 is 7.36. The second kappa shape index (κ2) is 6.96. The summed E-state index contributed by atoms with van der Waals surface area (Å²) in [5.41, 5.74) is 1.65. The third kappa shape index (κ3) is 3.04. The fourth-order valence-corrected chi connectivity index (χ4v) is 4.42. The standard InChI is InChI=1S/C21H16ClNO4S/c1-11-4-6-16-13(8-11)19-14(21(25)27-16)10-18(28-19)20(24)23(2)15-9-12(22)5-7-17(15)26-3/h4-10H,1-3H3. The van der Waals surface area contributed by atoms with E-state index in [9.17, 15) is 9.59 Å². The van der Waals surface area contributed by atoms with E-state index in [1.54, 1.807) is 37.4 Å². The van der Waals surface area contributed by atoms with Gasteiger partial charge in [-0.05, 0) is 43.3 Å². The number of carbonyl (C=O) groups excluding carboxylic acids is 1. The number of halogens is 1. The molecule has 0 atom stereocenters. The molecule has 28 heavy (non-hydrogen) atoms. The SMILES string of the molecule is COc1ccc(Cl)cc1N(C)C(=O)c1cc2c(=O)oc3ccc(C)cc3c2s1. The highest BCUT2D eigenvalue weighted by molar-refractivity contribution is 7.21. The summed E-state index contributed by atoms with van der Waals surface area (Å²) in [6.07, 6.45) is 0. The Morgan fingerprint density at radius 2 is 1.93 bits per heavy atom. The number of aryl methyl sites for hydroxylation is 1. The molecule has 0 aliphatic rings. The highest BCUT2D eigenvalue weighted by Crippen LogP contribution is 2.35. The van der Waals surface area contributed by atoms with Crippen molar-refractivity contribution in [2.24, 2.45) is 0 Å². The molecule has 0 saturated carbocycles. The van der Waals surface area contributed by atoms with Crippen LogP contribution in [0, 0.1) is 6.92 Å². The first kappa shape index (κ1) is 18.5. The summed E-state index contributed by atoms with van der Waals surface area (Å²) in [5.74, 6) is 0.268. The quantitative estimate of drug-likeness (QED) is 0.430. The normalized spacial score (nSPS) is 11.1. The number of methoxy groups -OCH3 is 1. The number of thiophene rings is 1. The molecule has 2 aromatic heterocycles. The van der Waals surface area contributed by atoms with Gasteiger partial charge in [-0.25, -0.2) is 4.79 Å². The Balaban J connectivity index is 1.85. The largest absolute Gasteiger partial charge is 0.495 e. The van der Waals surface area contributed by atoms with Gasteiger partial charge in [0.05, 0.1) is 27.8 Å². The number of fused-ring (bicyclic) bond motifs is 3. The summed E-state index contributed by atoms with van der Waals surface area (Å²) in [4.78, 5) is 27.4. The summed E-state index contributed by atoms with van der Waals surface area (Å²) in [6, 6.07) is 12.3. The third-order valence-corrected chi connectivity index (χ3v) is 5.94. The zero-order valence-electron chi connectivity index (χ0n) is 15.4. The lowest BCUT2D eigenvalue weighted by Crippen LogP contribution is -2.25. The van der Waals surface area contributed by atoms with Crippen LogP contribution in [0.3, 0.4) is 0 Å². The Morgan fingerprint density at radius 3 is 2.68 bits per heavy atom. The van der Waals surface area contributed by atoms with Crippen LogP contribution < -0.4 is 15.3 Å². The van der Waals surface area contributed by atoms with Crippen LogP contribution in [0.1, 0.15) is 15.2 Å². The summed E-state index contributed by atoms with van der Waals surface area (Å²) in [7, 11) is 3.18. The molecule has 0 saturated heterocycles. The van der Waals surface area contributed by atoms with E-state index in [4.69, 9.17) is 20.8 Å². The van der Waals surface area contributed by atoms with Gasteiger partial charge in [0.2, 0.25) is 0 Å². The molecule has 0 aliphatic heterocycles. The molecule has 142 valence electrons. The number of rotatable bonds is 3. The van der Waals surface area contributed by atoms with Gasteiger partial charge in [-0.1, -0.05) is 23.2 Å². The zero-order chi connectivity index (χ0) is 20.0. The summed E-state index contributed by atoms with van der Waals surface area (Å²) in [5, 5.41) is 1.72. The van der Waals surface area contributed by atoms with Crippen molar-refractivity contribution >= 4 is 55.6 Å². The molecule has 0 fully saturated rings. The van der Waals surface area contributed by atoms with Crippen LogP contribution in [0.15, 0.2) is 51.7 Å². The number of amides is 1. The Morgan fingerprint density at radius 1 is 1.14 bits per heavy atom. The topological polar surface area (TPSA) is 59.8 Å². The van der Waals surface area contributed by atoms with E-state index >= 15 is 0 Å². The lowest BCUT2D eigenvalue weighted by atomic mass is 10.1. The number of ether oxygens (including phenoxy) is 1. The van der Waals surface area contributed by atoms with Crippen LogP contribution in [-0.2, 0) is 0 Å². The molecule has 0 bridgehead atoms.